The molecule has 0 aliphatic rings. The van der Waals surface area contributed by atoms with E-state index in [2.05, 4.69) is 0 Å². The molecule has 1 aromatic carbocycles. The number of anilines is 1. The van der Waals surface area contributed by atoms with Gasteiger partial charge in [0.05, 0.1) is 5.69 Å². The molecule has 0 atom stereocenters. The molecule has 0 saturated heterocycles. The predicted octanol–water partition coefficient (Wildman–Crippen LogP) is 2.42. The van der Waals surface area contributed by atoms with Gasteiger partial charge in [0, 0.05) is 11.4 Å². The molecule has 2 aromatic rings. The summed E-state index contributed by atoms with van der Waals surface area (Å²) in [6.07, 6.45) is 0. The SMILES string of the molecule is NCc1sccc1S(=O)(=O)Nc1ccc(F)c(F)c1F. The highest BCUT2D eigenvalue weighted by Gasteiger charge is 2.22. The van der Waals surface area contributed by atoms with Crippen LogP contribution in [0.1, 0.15) is 4.88 Å². The zero-order valence-corrected chi connectivity index (χ0v) is 11.5. The lowest BCUT2D eigenvalue weighted by molar-refractivity contribution is 0.449. The zero-order chi connectivity index (χ0) is 14.9. The van der Waals surface area contributed by atoms with Crippen LogP contribution in [0.3, 0.4) is 0 Å². The first-order valence-corrected chi connectivity index (χ1v) is 7.66. The van der Waals surface area contributed by atoms with E-state index in [-0.39, 0.29) is 11.4 Å². The summed E-state index contributed by atoms with van der Waals surface area (Å²) in [6.45, 7) is -0.00578. The Morgan fingerprint density at radius 1 is 1.15 bits per heavy atom. The minimum absolute atomic E-state index is 0.00578. The highest BCUT2D eigenvalue weighted by molar-refractivity contribution is 7.93. The molecule has 0 spiro atoms. The van der Waals surface area contributed by atoms with E-state index in [0.717, 1.165) is 17.4 Å². The quantitative estimate of drug-likeness (QED) is 0.849. The van der Waals surface area contributed by atoms with Crippen LogP contribution in [-0.2, 0) is 16.6 Å². The van der Waals surface area contributed by atoms with Gasteiger partial charge in [0.2, 0.25) is 0 Å². The minimum atomic E-state index is -4.11. The van der Waals surface area contributed by atoms with Crippen molar-refractivity contribution in [2.75, 3.05) is 4.72 Å². The molecule has 2 rings (SSSR count). The lowest BCUT2D eigenvalue weighted by Crippen LogP contribution is -2.16. The zero-order valence-electron chi connectivity index (χ0n) is 9.86. The van der Waals surface area contributed by atoms with E-state index >= 15 is 0 Å². The third kappa shape index (κ3) is 2.65. The summed E-state index contributed by atoms with van der Waals surface area (Å²) in [5.41, 5.74) is 4.73. The molecule has 1 aromatic heterocycles. The van der Waals surface area contributed by atoms with Crippen molar-refractivity contribution in [1.82, 2.24) is 0 Å². The number of benzene rings is 1. The number of hydrogen-bond acceptors (Lipinski definition) is 4. The number of halogens is 3. The second-order valence-corrected chi connectivity index (χ2v) is 6.39. The molecule has 0 aliphatic carbocycles. The fourth-order valence-electron chi connectivity index (χ4n) is 1.52. The minimum Gasteiger partial charge on any atom is -0.326 e. The maximum absolute atomic E-state index is 13.5. The smallest absolute Gasteiger partial charge is 0.263 e. The average Bonchev–Trinajstić information content (AvgIpc) is 2.89. The molecule has 0 unspecified atom stereocenters. The highest BCUT2D eigenvalue weighted by atomic mass is 32.2. The molecule has 20 heavy (non-hydrogen) atoms. The van der Waals surface area contributed by atoms with Crippen molar-refractivity contribution in [3.8, 4) is 0 Å². The van der Waals surface area contributed by atoms with Gasteiger partial charge in [-0.05, 0) is 23.6 Å². The van der Waals surface area contributed by atoms with Gasteiger partial charge in [-0.1, -0.05) is 0 Å². The Labute approximate surface area is 117 Å². The van der Waals surface area contributed by atoms with Crippen molar-refractivity contribution in [3.63, 3.8) is 0 Å². The Morgan fingerprint density at radius 2 is 1.85 bits per heavy atom. The Morgan fingerprint density at radius 3 is 2.50 bits per heavy atom. The van der Waals surface area contributed by atoms with Gasteiger partial charge in [-0.15, -0.1) is 11.3 Å². The van der Waals surface area contributed by atoms with Crippen molar-refractivity contribution in [2.45, 2.75) is 11.4 Å². The van der Waals surface area contributed by atoms with E-state index in [4.69, 9.17) is 5.73 Å². The maximum atomic E-state index is 13.5. The molecular formula is C11H9F3N2O2S2. The van der Waals surface area contributed by atoms with Crippen molar-refractivity contribution in [3.05, 3.63) is 45.9 Å². The predicted molar refractivity (Wildman–Crippen MR) is 69.3 cm³/mol. The molecule has 1 heterocycles. The number of rotatable bonds is 4. The summed E-state index contributed by atoms with van der Waals surface area (Å²) in [5, 5.41) is 1.51. The summed E-state index contributed by atoms with van der Waals surface area (Å²) in [4.78, 5) is 0.259. The second kappa shape index (κ2) is 5.43. The number of hydrogen-bond donors (Lipinski definition) is 2. The fraction of sp³-hybridized carbons (Fsp3) is 0.0909. The van der Waals surface area contributed by atoms with E-state index in [1.165, 1.54) is 11.4 Å². The van der Waals surface area contributed by atoms with Gasteiger partial charge in [-0.2, -0.15) is 0 Å². The number of thiophene rings is 1. The van der Waals surface area contributed by atoms with Crippen LogP contribution in [0.4, 0.5) is 18.9 Å². The average molecular weight is 322 g/mol. The van der Waals surface area contributed by atoms with E-state index in [9.17, 15) is 21.6 Å². The first kappa shape index (κ1) is 14.8. The molecule has 9 heteroatoms. The van der Waals surface area contributed by atoms with Crippen LogP contribution in [0.2, 0.25) is 0 Å². The van der Waals surface area contributed by atoms with Crippen molar-refractivity contribution in [1.29, 1.82) is 0 Å². The standard InChI is InChI=1S/C11H9F3N2O2S2/c12-6-1-2-7(11(14)10(6)13)16-20(17,18)9-3-4-19-8(9)5-15/h1-4,16H,5,15H2. The number of nitrogens with one attached hydrogen (secondary N) is 1. The molecule has 108 valence electrons. The van der Waals surface area contributed by atoms with Gasteiger partial charge in [0.15, 0.2) is 17.5 Å². The van der Waals surface area contributed by atoms with Crippen LogP contribution in [0.15, 0.2) is 28.5 Å². The van der Waals surface area contributed by atoms with Crippen LogP contribution in [-0.4, -0.2) is 8.42 Å². The molecule has 3 N–H and O–H groups in total. The molecule has 0 saturated carbocycles. The van der Waals surface area contributed by atoms with E-state index in [1.54, 1.807) is 0 Å². The van der Waals surface area contributed by atoms with Gasteiger partial charge in [-0.25, -0.2) is 21.6 Å². The van der Waals surface area contributed by atoms with Crippen molar-refractivity contribution in [2.24, 2.45) is 5.73 Å². The van der Waals surface area contributed by atoms with E-state index < -0.39 is 33.2 Å². The first-order valence-electron chi connectivity index (χ1n) is 5.29. The maximum Gasteiger partial charge on any atom is 0.263 e. The Hall–Kier alpha value is -1.58. The van der Waals surface area contributed by atoms with Crippen LogP contribution < -0.4 is 10.5 Å². The summed E-state index contributed by atoms with van der Waals surface area (Å²) < 4.78 is 65.3. The lowest BCUT2D eigenvalue weighted by atomic mass is 10.3. The van der Waals surface area contributed by atoms with Crippen LogP contribution in [0, 0.1) is 17.5 Å². The number of nitrogens with two attached hydrogens (primary N) is 1. The Balaban J connectivity index is 2.42. The van der Waals surface area contributed by atoms with E-state index in [0.29, 0.717) is 10.9 Å². The monoisotopic (exact) mass is 322 g/mol. The molecule has 0 amide bonds. The normalized spacial score (nSPS) is 11.6. The second-order valence-electron chi connectivity index (χ2n) is 3.74. The van der Waals surface area contributed by atoms with Crippen LogP contribution in [0.25, 0.3) is 0 Å². The topological polar surface area (TPSA) is 72.2 Å². The third-order valence-electron chi connectivity index (χ3n) is 2.46. The largest absolute Gasteiger partial charge is 0.326 e. The van der Waals surface area contributed by atoms with Gasteiger partial charge in [-0.3, -0.25) is 4.72 Å². The molecule has 4 nitrogen and oxygen atoms in total. The van der Waals surface area contributed by atoms with E-state index in [1.807, 2.05) is 4.72 Å². The highest BCUT2D eigenvalue weighted by Crippen LogP contribution is 2.26. The summed E-state index contributed by atoms with van der Waals surface area (Å²) in [6, 6.07) is 2.74. The van der Waals surface area contributed by atoms with Gasteiger partial charge < -0.3 is 5.73 Å². The Bertz CT molecular complexity index is 744. The van der Waals surface area contributed by atoms with Gasteiger partial charge in [0.1, 0.15) is 4.90 Å². The van der Waals surface area contributed by atoms with Crippen molar-refractivity contribution >= 4 is 27.0 Å². The summed E-state index contributed by atoms with van der Waals surface area (Å²) in [5.74, 6) is -4.74. The van der Waals surface area contributed by atoms with Gasteiger partial charge >= 0.3 is 0 Å². The third-order valence-corrected chi connectivity index (χ3v) is 4.98. The Kier molecular flexibility index (Phi) is 4.02. The molecule has 0 bridgehead atoms. The molecular weight excluding hydrogens is 313 g/mol. The summed E-state index contributed by atoms with van der Waals surface area (Å²) >= 11 is 1.12. The van der Waals surface area contributed by atoms with Crippen molar-refractivity contribution < 1.29 is 21.6 Å². The number of sulfonamides is 1. The molecule has 0 radical (unpaired) electrons. The van der Waals surface area contributed by atoms with Crippen LogP contribution in [0.5, 0.6) is 0 Å². The van der Waals surface area contributed by atoms with Crippen LogP contribution >= 0.6 is 11.3 Å². The first-order chi connectivity index (χ1) is 9.36. The lowest BCUT2D eigenvalue weighted by Gasteiger charge is -2.09. The summed E-state index contributed by atoms with van der Waals surface area (Å²) in [7, 11) is -4.11. The fourth-order valence-corrected chi connectivity index (χ4v) is 3.92. The molecule has 0 fully saturated rings. The molecule has 0 aliphatic heterocycles. The van der Waals surface area contributed by atoms with Gasteiger partial charge in [0.25, 0.3) is 10.0 Å².